The Kier molecular flexibility index (Phi) is 4.42. The average molecular weight is 334 g/mol. The van der Waals surface area contributed by atoms with Crippen LogP contribution in [0.5, 0.6) is 0 Å². The van der Waals surface area contributed by atoms with E-state index < -0.39 is 0 Å². The van der Waals surface area contributed by atoms with E-state index in [0.717, 1.165) is 10.4 Å². The lowest BCUT2D eigenvalue weighted by Crippen LogP contribution is -2.43. The number of nitrogens with zero attached hydrogens (tertiary/aromatic N) is 4. The molecule has 3 heterocycles. The van der Waals surface area contributed by atoms with Crippen molar-refractivity contribution >= 4 is 23.2 Å². The van der Waals surface area contributed by atoms with Crippen LogP contribution in [0.25, 0.3) is 0 Å². The van der Waals surface area contributed by atoms with Crippen molar-refractivity contribution in [1.29, 1.82) is 0 Å². The molecule has 2 aromatic heterocycles. The van der Waals surface area contributed by atoms with Crippen LogP contribution < -0.4 is 0 Å². The summed E-state index contributed by atoms with van der Waals surface area (Å²) in [7, 11) is 3.54. The van der Waals surface area contributed by atoms with Gasteiger partial charge in [-0.3, -0.25) is 19.3 Å². The van der Waals surface area contributed by atoms with Gasteiger partial charge in [-0.25, -0.2) is 0 Å². The number of hydrogen-bond acceptors (Lipinski definition) is 6. The molecule has 0 unspecified atom stereocenters. The normalized spacial score (nSPS) is 21.5. The molecule has 1 amide bonds. The predicted molar refractivity (Wildman–Crippen MR) is 83.4 cm³/mol. The van der Waals surface area contributed by atoms with Gasteiger partial charge in [-0.1, -0.05) is 0 Å². The van der Waals surface area contributed by atoms with Crippen molar-refractivity contribution < 1.29 is 14.3 Å². The summed E-state index contributed by atoms with van der Waals surface area (Å²) in [6.45, 7) is 0.220. The predicted octanol–water partition coefficient (Wildman–Crippen LogP) is 1.53. The van der Waals surface area contributed by atoms with E-state index in [1.54, 1.807) is 34.5 Å². The summed E-state index contributed by atoms with van der Waals surface area (Å²) in [5.41, 5.74) is 2.55. The smallest absolute Gasteiger partial charge is 0.311 e. The van der Waals surface area contributed by atoms with E-state index in [1.165, 1.54) is 11.3 Å². The first-order valence-electron chi connectivity index (χ1n) is 7.34. The second-order valence-electron chi connectivity index (χ2n) is 5.62. The molecule has 1 saturated heterocycles. The first kappa shape index (κ1) is 15.7. The van der Waals surface area contributed by atoms with Gasteiger partial charge in [0, 0.05) is 38.5 Å². The van der Waals surface area contributed by atoms with Crippen molar-refractivity contribution in [1.82, 2.24) is 19.7 Å². The molecule has 1 fully saturated rings. The minimum absolute atomic E-state index is 0.0327. The zero-order valence-corrected chi connectivity index (χ0v) is 13.8. The maximum atomic E-state index is 12.5. The molecule has 2 aromatic rings. The van der Waals surface area contributed by atoms with Crippen LogP contribution in [0.2, 0.25) is 0 Å². The van der Waals surface area contributed by atoms with Gasteiger partial charge in [0.25, 0.3) is 0 Å². The highest BCUT2D eigenvalue weighted by molar-refractivity contribution is 7.09. The fourth-order valence-corrected chi connectivity index (χ4v) is 3.40. The van der Waals surface area contributed by atoms with Crippen LogP contribution in [-0.2, 0) is 28.0 Å². The Morgan fingerprint density at radius 3 is 2.91 bits per heavy atom. The first-order chi connectivity index (χ1) is 11.1. The summed E-state index contributed by atoms with van der Waals surface area (Å²) in [6, 6.07) is -0.334. The Bertz CT molecular complexity index is 697. The van der Waals surface area contributed by atoms with Gasteiger partial charge in [-0.05, 0) is 6.42 Å². The number of carbonyl (C=O) groups excluding carboxylic acids is 2. The van der Waals surface area contributed by atoms with E-state index in [-0.39, 0.29) is 30.4 Å². The third kappa shape index (κ3) is 3.26. The van der Waals surface area contributed by atoms with Gasteiger partial charge in [-0.15, -0.1) is 11.3 Å². The number of aromatic nitrogens is 3. The Balaban J connectivity index is 1.77. The van der Waals surface area contributed by atoms with Crippen LogP contribution >= 0.6 is 11.3 Å². The molecule has 122 valence electrons. The van der Waals surface area contributed by atoms with Gasteiger partial charge in [0.15, 0.2) is 0 Å². The summed E-state index contributed by atoms with van der Waals surface area (Å²) >= 11 is 1.45. The Labute approximate surface area is 137 Å². The molecule has 0 aliphatic carbocycles. The molecule has 2 atom stereocenters. The number of likely N-dealkylation sites (tertiary alicyclic amines) is 1. The van der Waals surface area contributed by atoms with E-state index >= 15 is 0 Å². The highest BCUT2D eigenvalue weighted by atomic mass is 32.1. The molecule has 0 bridgehead atoms. The molecule has 1 aliphatic rings. The van der Waals surface area contributed by atoms with E-state index in [9.17, 15) is 9.59 Å². The Hall–Kier alpha value is -2.22. The SMILES string of the molecule is CN1C(=O)CC[C@H](C(=O)OCc2cncs2)[C@@H]1c1cnn(C)c1. The zero-order chi connectivity index (χ0) is 16.4. The monoisotopic (exact) mass is 334 g/mol. The number of ether oxygens (including phenoxy) is 1. The minimum atomic E-state index is -0.380. The molecule has 0 N–H and O–H groups in total. The fourth-order valence-electron chi connectivity index (χ4n) is 2.90. The molecule has 0 spiro atoms. The molecule has 0 radical (unpaired) electrons. The number of carbonyl (C=O) groups is 2. The second-order valence-corrected chi connectivity index (χ2v) is 6.59. The molecule has 1 aliphatic heterocycles. The molecule has 3 rings (SSSR count). The van der Waals surface area contributed by atoms with E-state index in [4.69, 9.17) is 4.74 Å². The van der Waals surface area contributed by atoms with Crippen molar-refractivity contribution in [3.05, 3.63) is 34.5 Å². The van der Waals surface area contributed by atoms with Crippen LogP contribution in [-0.4, -0.2) is 38.6 Å². The van der Waals surface area contributed by atoms with Crippen LogP contribution in [0, 0.1) is 5.92 Å². The number of amides is 1. The van der Waals surface area contributed by atoms with Crippen molar-refractivity contribution in [3.63, 3.8) is 0 Å². The lowest BCUT2D eigenvalue weighted by Gasteiger charge is -2.37. The number of piperidine rings is 1. The number of rotatable bonds is 4. The molecule has 23 heavy (non-hydrogen) atoms. The topological polar surface area (TPSA) is 77.3 Å². The van der Waals surface area contributed by atoms with Crippen molar-refractivity contribution in [2.75, 3.05) is 7.05 Å². The van der Waals surface area contributed by atoms with Crippen molar-refractivity contribution in [2.45, 2.75) is 25.5 Å². The summed E-state index contributed by atoms with van der Waals surface area (Å²) in [4.78, 5) is 31.1. The highest BCUT2D eigenvalue weighted by Gasteiger charge is 2.40. The first-order valence-corrected chi connectivity index (χ1v) is 8.22. The summed E-state index contributed by atoms with van der Waals surface area (Å²) in [6.07, 6.45) is 6.07. The third-order valence-corrected chi connectivity index (χ3v) is 4.82. The summed E-state index contributed by atoms with van der Waals surface area (Å²) < 4.78 is 7.10. The number of esters is 1. The Morgan fingerprint density at radius 2 is 2.26 bits per heavy atom. The summed E-state index contributed by atoms with van der Waals surface area (Å²) in [5, 5.41) is 4.15. The van der Waals surface area contributed by atoms with Crippen molar-refractivity contribution in [3.8, 4) is 0 Å². The zero-order valence-electron chi connectivity index (χ0n) is 13.0. The maximum absolute atomic E-state index is 12.5. The van der Waals surface area contributed by atoms with E-state index in [1.807, 2.05) is 13.2 Å². The molecule has 0 aromatic carbocycles. The van der Waals surface area contributed by atoms with Crippen LogP contribution in [0.3, 0.4) is 0 Å². The molecule has 7 nitrogen and oxygen atoms in total. The van der Waals surface area contributed by atoms with E-state index in [0.29, 0.717) is 12.8 Å². The van der Waals surface area contributed by atoms with Gasteiger partial charge < -0.3 is 9.64 Å². The van der Waals surface area contributed by atoms with Gasteiger partial charge in [-0.2, -0.15) is 5.10 Å². The number of aryl methyl sites for hydroxylation is 1. The summed E-state index contributed by atoms with van der Waals surface area (Å²) in [5.74, 6) is -0.633. The Morgan fingerprint density at radius 1 is 1.43 bits per heavy atom. The van der Waals surface area contributed by atoms with E-state index in [2.05, 4.69) is 10.1 Å². The standard InChI is InChI=1S/C15H18N4O3S/c1-18-7-10(5-17-18)14-12(3-4-13(20)19(14)2)15(21)22-8-11-6-16-9-23-11/h5-7,9,12,14H,3-4,8H2,1-2H3/t12-,14-/m0/s1. The average Bonchev–Trinajstić information content (AvgIpc) is 3.19. The van der Waals surface area contributed by atoms with Crippen molar-refractivity contribution in [2.24, 2.45) is 13.0 Å². The number of thiazole rings is 1. The fraction of sp³-hybridized carbons (Fsp3) is 0.467. The second kappa shape index (κ2) is 6.49. The number of hydrogen-bond donors (Lipinski definition) is 0. The molecule has 8 heteroatoms. The largest absolute Gasteiger partial charge is 0.460 e. The van der Waals surface area contributed by atoms with Gasteiger partial charge in [0.1, 0.15) is 6.61 Å². The van der Waals surface area contributed by atoms with Crippen LogP contribution in [0.15, 0.2) is 24.1 Å². The molecule has 0 saturated carbocycles. The van der Waals surface area contributed by atoms with Crippen LogP contribution in [0.1, 0.15) is 29.3 Å². The van der Waals surface area contributed by atoms with Gasteiger partial charge >= 0.3 is 5.97 Å². The lowest BCUT2D eigenvalue weighted by molar-refractivity contribution is -0.157. The highest BCUT2D eigenvalue weighted by Crippen LogP contribution is 2.36. The molecular formula is C15H18N4O3S. The lowest BCUT2D eigenvalue weighted by atomic mass is 9.86. The maximum Gasteiger partial charge on any atom is 0.311 e. The minimum Gasteiger partial charge on any atom is -0.460 e. The quantitative estimate of drug-likeness (QED) is 0.793. The van der Waals surface area contributed by atoms with Gasteiger partial charge in [0.2, 0.25) is 5.91 Å². The van der Waals surface area contributed by atoms with Gasteiger partial charge in [0.05, 0.1) is 28.5 Å². The molecular weight excluding hydrogens is 316 g/mol. The van der Waals surface area contributed by atoms with Crippen LogP contribution in [0.4, 0.5) is 0 Å². The third-order valence-electron chi connectivity index (χ3n) is 4.07.